The summed E-state index contributed by atoms with van der Waals surface area (Å²) < 4.78 is 0. The average molecular weight is 346 g/mol. The highest BCUT2D eigenvalue weighted by atomic mass is 16.4. The van der Waals surface area contributed by atoms with Gasteiger partial charge in [-0.15, -0.1) is 0 Å². The molecule has 6 heteroatoms. The van der Waals surface area contributed by atoms with Crippen molar-refractivity contribution in [2.45, 2.75) is 57.9 Å². The van der Waals surface area contributed by atoms with Crippen LogP contribution < -0.4 is 10.6 Å². The minimum absolute atomic E-state index is 0.166. The van der Waals surface area contributed by atoms with Crippen molar-refractivity contribution in [2.75, 3.05) is 0 Å². The van der Waals surface area contributed by atoms with Gasteiger partial charge >= 0.3 is 5.97 Å². The monoisotopic (exact) mass is 346 g/mol. The lowest BCUT2D eigenvalue weighted by Gasteiger charge is -2.38. The second kappa shape index (κ2) is 7.02. The third kappa shape index (κ3) is 3.94. The van der Waals surface area contributed by atoms with E-state index in [2.05, 4.69) is 29.7 Å². The van der Waals surface area contributed by atoms with Gasteiger partial charge in [0.1, 0.15) is 0 Å². The predicted octanol–water partition coefficient (Wildman–Crippen LogP) is 2.12. The van der Waals surface area contributed by atoms with Crippen LogP contribution in [-0.2, 0) is 14.4 Å². The summed E-state index contributed by atoms with van der Waals surface area (Å²) in [4.78, 5) is 34.5. The molecule has 1 heterocycles. The smallest absolute Gasteiger partial charge is 0.306 e. The number of allylic oxidation sites excluding steroid dienone is 3. The molecule has 2 fully saturated rings. The molecular weight excluding hydrogens is 320 g/mol. The number of hydrogen-bond acceptors (Lipinski definition) is 4. The number of nitrogens with one attached hydrogen (secondary N) is 2. The van der Waals surface area contributed by atoms with E-state index in [0.29, 0.717) is 18.9 Å². The molecule has 0 spiro atoms. The quantitative estimate of drug-likeness (QED) is 0.678. The molecule has 0 aromatic carbocycles. The van der Waals surface area contributed by atoms with Gasteiger partial charge in [-0.05, 0) is 44.6 Å². The maximum atomic E-state index is 12.1. The Morgan fingerprint density at radius 2 is 1.96 bits per heavy atom. The highest BCUT2D eigenvalue weighted by Gasteiger charge is 2.40. The fourth-order valence-corrected chi connectivity index (χ4v) is 4.15. The molecule has 3 N–H and O–H groups in total. The number of amides is 2. The van der Waals surface area contributed by atoms with Gasteiger partial charge in [-0.25, -0.2) is 0 Å². The van der Waals surface area contributed by atoms with Crippen molar-refractivity contribution in [3.8, 4) is 0 Å². The van der Waals surface area contributed by atoms with Gasteiger partial charge in [0.05, 0.1) is 5.92 Å². The molecule has 1 aliphatic heterocycles. The molecule has 2 aliphatic carbocycles. The number of hydrogen-bond donors (Lipinski definition) is 3. The molecule has 3 aliphatic rings. The molecule has 0 aromatic heterocycles. The number of carboxylic acids is 1. The van der Waals surface area contributed by atoms with Crippen LogP contribution in [0, 0.1) is 17.3 Å². The maximum absolute atomic E-state index is 12.1. The summed E-state index contributed by atoms with van der Waals surface area (Å²) in [5.74, 6) is -1.41. The van der Waals surface area contributed by atoms with Crippen molar-refractivity contribution in [1.29, 1.82) is 0 Å². The van der Waals surface area contributed by atoms with E-state index < -0.39 is 5.97 Å². The van der Waals surface area contributed by atoms with Crippen molar-refractivity contribution in [3.63, 3.8) is 0 Å². The molecule has 6 nitrogen and oxygen atoms in total. The number of carboxylic acid groups (broad SMARTS) is 1. The van der Waals surface area contributed by atoms with Crippen LogP contribution >= 0.6 is 0 Å². The van der Waals surface area contributed by atoms with Gasteiger partial charge in [0, 0.05) is 29.5 Å². The molecule has 0 radical (unpaired) electrons. The topological polar surface area (TPSA) is 95.5 Å². The summed E-state index contributed by atoms with van der Waals surface area (Å²) in [6, 6.07) is 0.312. The van der Waals surface area contributed by atoms with Crippen LogP contribution in [-0.4, -0.2) is 28.9 Å². The normalized spacial score (nSPS) is 35.7. The fraction of sp³-hybridized carbons (Fsp3) is 0.632. The Kier molecular flexibility index (Phi) is 4.97. The van der Waals surface area contributed by atoms with Crippen LogP contribution in [0.2, 0.25) is 0 Å². The van der Waals surface area contributed by atoms with Gasteiger partial charge in [-0.2, -0.15) is 0 Å². The second-order valence-electron chi connectivity index (χ2n) is 7.74. The number of aliphatic carboxylic acids is 1. The van der Waals surface area contributed by atoms with E-state index in [1.165, 1.54) is 0 Å². The van der Waals surface area contributed by atoms with Crippen LogP contribution in [0.1, 0.15) is 51.9 Å². The largest absolute Gasteiger partial charge is 0.481 e. The van der Waals surface area contributed by atoms with E-state index in [9.17, 15) is 14.4 Å². The van der Waals surface area contributed by atoms with E-state index in [4.69, 9.17) is 5.11 Å². The van der Waals surface area contributed by atoms with Crippen LogP contribution in [0.3, 0.4) is 0 Å². The van der Waals surface area contributed by atoms with E-state index in [-0.39, 0.29) is 29.1 Å². The second-order valence-corrected chi connectivity index (χ2v) is 7.74. The Labute approximate surface area is 147 Å². The highest BCUT2D eigenvalue weighted by Crippen LogP contribution is 2.40. The molecule has 0 aromatic rings. The minimum Gasteiger partial charge on any atom is -0.481 e. The zero-order chi connectivity index (χ0) is 18.0. The third-order valence-electron chi connectivity index (χ3n) is 5.89. The molecule has 25 heavy (non-hydrogen) atoms. The van der Waals surface area contributed by atoms with E-state index in [1.807, 2.05) is 6.08 Å². The van der Waals surface area contributed by atoms with Gasteiger partial charge in [0.25, 0.3) is 0 Å². The Balaban J connectivity index is 1.54. The number of carbonyl (C=O) groups excluding carboxylic acids is 2. The molecular formula is C19H26N2O4. The van der Waals surface area contributed by atoms with E-state index in [1.54, 1.807) is 0 Å². The van der Waals surface area contributed by atoms with Crippen molar-refractivity contribution in [2.24, 2.45) is 17.3 Å². The van der Waals surface area contributed by atoms with Gasteiger partial charge in [0.15, 0.2) is 0 Å². The first-order valence-electron chi connectivity index (χ1n) is 9.10. The molecule has 0 bridgehead atoms. The SMILES string of the molecule is CC1([C@@H]2CCC(=O)NC2=O)C=CC(N[C@H]2CC[C@H](C(=O)O)CC2)=CC1. The Morgan fingerprint density at radius 3 is 2.52 bits per heavy atom. The maximum Gasteiger partial charge on any atom is 0.306 e. The van der Waals surface area contributed by atoms with Crippen LogP contribution in [0.4, 0.5) is 0 Å². The lowest BCUT2D eigenvalue weighted by atomic mass is 9.69. The number of piperidine rings is 1. The first kappa shape index (κ1) is 17.7. The van der Waals surface area contributed by atoms with Gasteiger partial charge in [-0.1, -0.05) is 19.1 Å². The Bertz CT molecular complexity index is 631. The number of imide groups is 1. The summed E-state index contributed by atoms with van der Waals surface area (Å²) in [7, 11) is 0. The Hall–Kier alpha value is -2.11. The lowest BCUT2D eigenvalue weighted by molar-refractivity contribution is -0.143. The third-order valence-corrected chi connectivity index (χ3v) is 5.89. The van der Waals surface area contributed by atoms with Crippen molar-refractivity contribution in [1.82, 2.24) is 10.6 Å². The molecule has 1 saturated carbocycles. The van der Waals surface area contributed by atoms with E-state index in [0.717, 1.165) is 37.8 Å². The first-order valence-corrected chi connectivity index (χ1v) is 9.10. The molecule has 2 amide bonds. The zero-order valence-electron chi connectivity index (χ0n) is 14.6. The van der Waals surface area contributed by atoms with Crippen molar-refractivity contribution in [3.05, 3.63) is 23.9 Å². The van der Waals surface area contributed by atoms with Gasteiger partial charge in [-0.3, -0.25) is 19.7 Å². The Morgan fingerprint density at radius 1 is 1.24 bits per heavy atom. The standard InChI is InChI=1S/C19H26N2O4/c1-19(15-6-7-16(22)21-17(15)23)10-8-14(9-11-19)20-13-4-2-12(3-5-13)18(24)25/h8-10,12-13,15,20H,2-7,11H2,1H3,(H,24,25)(H,21,22,23)/t12-,13-,15-,19?/m1/s1. The van der Waals surface area contributed by atoms with Crippen molar-refractivity contribution >= 4 is 17.8 Å². The van der Waals surface area contributed by atoms with Crippen LogP contribution in [0.5, 0.6) is 0 Å². The summed E-state index contributed by atoms with van der Waals surface area (Å²) in [5, 5.41) is 15.0. The van der Waals surface area contributed by atoms with Crippen molar-refractivity contribution < 1.29 is 19.5 Å². The van der Waals surface area contributed by atoms with Crippen LogP contribution in [0.15, 0.2) is 23.9 Å². The summed E-state index contributed by atoms with van der Waals surface area (Å²) >= 11 is 0. The summed E-state index contributed by atoms with van der Waals surface area (Å²) in [5.41, 5.74) is 0.778. The predicted molar refractivity (Wildman–Crippen MR) is 92.3 cm³/mol. The number of carbonyl (C=O) groups is 3. The first-order chi connectivity index (χ1) is 11.9. The van der Waals surface area contributed by atoms with Crippen LogP contribution in [0.25, 0.3) is 0 Å². The molecule has 3 rings (SSSR count). The van der Waals surface area contributed by atoms with Gasteiger partial charge in [0.2, 0.25) is 11.8 Å². The fourth-order valence-electron chi connectivity index (χ4n) is 4.15. The molecule has 136 valence electrons. The molecule has 1 saturated heterocycles. The van der Waals surface area contributed by atoms with E-state index >= 15 is 0 Å². The summed E-state index contributed by atoms with van der Waals surface area (Å²) in [6.45, 7) is 2.06. The lowest BCUT2D eigenvalue weighted by Crippen LogP contribution is -2.47. The zero-order valence-corrected chi connectivity index (χ0v) is 14.6. The molecule has 2 atom stereocenters. The molecule has 1 unspecified atom stereocenters. The minimum atomic E-state index is -0.685. The highest BCUT2D eigenvalue weighted by molar-refractivity contribution is 5.99. The number of rotatable bonds is 4. The average Bonchev–Trinajstić information content (AvgIpc) is 2.57. The van der Waals surface area contributed by atoms with Gasteiger partial charge < -0.3 is 10.4 Å². The summed E-state index contributed by atoms with van der Waals surface area (Å²) in [6.07, 6.45) is 11.2.